The maximum atomic E-state index is 5.65. The third-order valence-electron chi connectivity index (χ3n) is 2.92. The third kappa shape index (κ3) is 3.67. The van der Waals surface area contributed by atoms with E-state index in [2.05, 4.69) is 43.2 Å². The lowest BCUT2D eigenvalue weighted by Gasteiger charge is -2.29. The Labute approximate surface area is 96.2 Å². The minimum atomic E-state index is 0.237. The molecule has 1 rings (SSSR count). The normalized spacial score (nSPS) is 11.9. The molecule has 3 nitrogen and oxygen atoms in total. The van der Waals surface area contributed by atoms with Crippen LogP contribution in [0.4, 0.5) is 5.82 Å². The smallest absolute Gasteiger partial charge is 0.151 e. The molecule has 0 bridgehead atoms. The number of rotatable bonds is 4. The monoisotopic (exact) mass is 227 g/mol. The van der Waals surface area contributed by atoms with Crippen LogP contribution in [0.2, 0.25) is 5.15 Å². The molecule has 4 heteroatoms. The molecular weight excluding hydrogens is 210 g/mol. The van der Waals surface area contributed by atoms with Crippen molar-refractivity contribution in [3.05, 3.63) is 17.3 Å². The van der Waals surface area contributed by atoms with Crippen molar-refractivity contribution < 1.29 is 0 Å². The average molecular weight is 228 g/mol. The highest BCUT2D eigenvalue weighted by atomic mass is 35.5. The lowest BCUT2D eigenvalue weighted by Crippen LogP contribution is -2.28. The number of halogens is 1. The van der Waals surface area contributed by atoms with Gasteiger partial charge in [0, 0.05) is 6.54 Å². The SMILES string of the molecule is CC(C)C(C)(C)CNc1ccc(Cl)nn1. The molecule has 1 heterocycles. The van der Waals surface area contributed by atoms with E-state index in [1.165, 1.54) is 0 Å². The fourth-order valence-corrected chi connectivity index (χ4v) is 1.03. The molecule has 0 unspecified atom stereocenters. The summed E-state index contributed by atoms with van der Waals surface area (Å²) in [5.74, 6) is 1.39. The Morgan fingerprint density at radius 3 is 2.47 bits per heavy atom. The first-order valence-electron chi connectivity index (χ1n) is 5.15. The van der Waals surface area contributed by atoms with Crippen molar-refractivity contribution in [2.45, 2.75) is 27.7 Å². The van der Waals surface area contributed by atoms with Gasteiger partial charge in [-0.1, -0.05) is 39.3 Å². The standard InChI is InChI=1S/C11H18ClN3/c1-8(2)11(3,4)7-13-10-6-5-9(12)14-15-10/h5-6,8H,7H2,1-4H3,(H,13,15). The van der Waals surface area contributed by atoms with Crippen molar-refractivity contribution in [1.29, 1.82) is 0 Å². The zero-order valence-corrected chi connectivity index (χ0v) is 10.5. The van der Waals surface area contributed by atoms with Gasteiger partial charge in [-0.2, -0.15) is 0 Å². The molecule has 0 aliphatic carbocycles. The van der Waals surface area contributed by atoms with Gasteiger partial charge in [0.25, 0.3) is 0 Å². The largest absolute Gasteiger partial charge is 0.368 e. The molecule has 0 saturated heterocycles. The Morgan fingerprint density at radius 1 is 1.33 bits per heavy atom. The van der Waals surface area contributed by atoms with Crippen LogP contribution in [0.1, 0.15) is 27.7 Å². The second kappa shape index (κ2) is 4.79. The molecule has 1 aromatic heterocycles. The van der Waals surface area contributed by atoms with Gasteiger partial charge in [-0.25, -0.2) is 0 Å². The van der Waals surface area contributed by atoms with E-state index in [0.717, 1.165) is 12.4 Å². The molecule has 15 heavy (non-hydrogen) atoms. The summed E-state index contributed by atoms with van der Waals surface area (Å²) in [6.07, 6.45) is 0. The molecule has 0 amide bonds. The van der Waals surface area contributed by atoms with Gasteiger partial charge in [-0.3, -0.25) is 0 Å². The predicted molar refractivity (Wildman–Crippen MR) is 64.2 cm³/mol. The van der Waals surface area contributed by atoms with Crippen LogP contribution < -0.4 is 5.32 Å². The summed E-state index contributed by atoms with van der Waals surface area (Å²) in [5, 5.41) is 11.4. The molecule has 0 aromatic carbocycles. The van der Waals surface area contributed by atoms with Crippen molar-refractivity contribution in [3.63, 3.8) is 0 Å². The molecule has 0 fully saturated rings. The second-order valence-electron chi connectivity index (χ2n) is 4.74. The van der Waals surface area contributed by atoms with Crippen molar-refractivity contribution in [2.24, 2.45) is 11.3 Å². The molecule has 0 saturated carbocycles. The molecule has 1 N–H and O–H groups in total. The Bertz CT molecular complexity index is 306. The summed E-state index contributed by atoms with van der Waals surface area (Å²) in [6, 6.07) is 3.57. The maximum absolute atomic E-state index is 5.65. The first-order chi connectivity index (χ1) is 6.92. The Kier molecular flexibility index (Phi) is 3.91. The highest BCUT2D eigenvalue weighted by Gasteiger charge is 2.21. The Hall–Kier alpha value is -0.830. The fourth-order valence-electron chi connectivity index (χ4n) is 0.933. The van der Waals surface area contributed by atoms with Crippen molar-refractivity contribution in [2.75, 3.05) is 11.9 Å². The van der Waals surface area contributed by atoms with Gasteiger partial charge in [-0.05, 0) is 23.5 Å². The first kappa shape index (κ1) is 12.2. The van der Waals surface area contributed by atoms with Gasteiger partial charge in [0.05, 0.1) is 0 Å². The van der Waals surface area contributed by atoms with E-state index in [9.17, 15) is 0 Å². The fraction of sp³-hybridized carbons (Fsp3) is 0.636. The lowest BCUT2D eigenvalue weighted by atomic mass is 9.81. The summed E-state index contributed by atoms with van der Waals surface area (Å²) < 4.78 is 0. The first-order valence-corrected chi connectivity index (χ1v) is 5.53. The lowest BCUT2D eigenvalue weighted by molar-refractivity contribution is 0.269. The zero-order valence-electron chi connectivity index (χ0n) is 9.71. The zero-order chi connectivity index (χ0) is 11.5. The molecular formula is C11H18ClN3. The number of anilines is 1. The van der Waals surface area contributed by atoms with Crippen LogP contribution in [0.5, 0.6) is 0 Å². The van der Waals surface area contributed by atoms with Gasteiger partial charge in [-0.15, -0.1) is 10.2 Å². The molecule has 84 valence electrons. The number of hydrogen-bond donors (Lipinski definition) is 1. The van der Waals surface area contributed by atoms with E-state index < -0.39 is 0 Å². The van der Waals surface area contributed by atoms with Gasteiger partial charge in [0.1, 0.15) is 5.82 Å². The third-order valence-corrected chi connectivity index (χ3v) is 3.12. The molecule has 0 radical (unpaired) electrons. The second-order valence-corrected chi connectivity index (χ2v) is 5.13. The molecule has 1 aromatic rings. The van der Waals surface area contributed by atoms with Gasteiger partial charge >= 0.3 is 0 Å². The van der Waals surface area contributed by atoms with Crippen molar-refractivity contribution in [1.82, 2.24) is 10.2 Å². The maximum Gasteiger partial charge on any atom is 0.151 e. The van der Waals surface area contributed by atoms with Gasteiger partial charge in [0.2, 0.25) is 0 Å². The minimum Gasteiger partial charge on any atom is -0.368 e. The Balaban J connectivity index is 2.54. The topological polar surface area (TPSA) is 37.8 Å². The average Bonchev–Trinajstić information content (AvgIpc) is 2.17. The molecule has 0 aliphatic rings. The number of nitrogens with one attached hydrogen (secondary N) is 1. The summed E-state index contributed by atoms with van der Waals surface area (Å²) in [6.45, 7) is 9.77. The number of hydrogen-bond acceptors (Lipinski definition) is 3. The van der Waals surface area contributed by atoms with Crippen LogP contribution >= 0.6 is 11.6 Å². The van der Waals surface area contributed by atoms with E-state index >= 15 is 0 Å². The predicted octanol–water partition coefficient (Wildman–Crippen LogP) is 3.22. The number of nitrogens with zero attached hydrogens (tertiary/aromatic N) is 2. The van der Waals surface area contributed by atoms with E-state index in [1.54, 1.807) is 6.07 Å². The quantitative estimate of drug-likeness (QED) is 0.858. The van der Waals surface area contributed by atoms with Crippen LogP contribution in [-0.4, -0.2) is 16.7 Å². The molecule has 0 aliphatic heterocycles. The van der Waals surface area contributed by atoms with Crippen LogP contribution in [0.15, 0.2) is 12.1 Å². The van der Waals surface area contributed by atoms with Crippen LogP contribution in [0, 0.1) is 11.3 Å². The van der Waals surface area contributed by atoms with Crippen molar-refractivity contribution >= 4 is 17.4 Å². The molecule has 0 spiro atoms. The van der Waals surface area contributed by atoms with E-state index in [0.29, 0.717) is 11.1 Å². The van der Waals surface area contributed by atoms with Crippen LogP contribution in [0.25, 0.3) is 0 Å². The van der Waals surface area contributed by atoms with Crippen LogP contribution in [0.3, 0.4) is 0 Å². The summed E-state index contributed by atoms with van der Waals surface area (Å²) in [4.78, 5) is 0. The van der Waals surface area contributed by atoms with E-state index in [4.69, 9.17) is 11.6 Å². The number of aromatic nitrogens is 2. The summed E-state index contributed by atoms with van der Waals surface area (Å²) >= 11 is 5.65. The summed E-state index contributed by atoms with van der Waals surface area (Å²) in [5.41, 5.74) is 0.237. The van der Waals surface area contributed by atoms with Gasteiger partial charge in [0.15, 0.2) is 5.15 Å². The summed E-state index contributed by atoms with van der Waals surface area (Å²) in [7, 11) is 0. The van der Waals surface area contributed by atoms with Crippen molar-refractivity contribution in [3.8, 4) is 0 Å². The van der Waals surface area contributed by atoms with E-state index in [1.807, 2.05) is 6.07 Å². The van der Waals surface area contributed by atoms with E-state index in [-0.39, 0.29) is 5.41 Å². The highest BCUT2D eigenvalue weighted by Crippen LogP contribution is 2.25. The minimum absolute atomic E-state index is 0.237. The van der Waals surface area contributed by atoms with Crippen LogP contribution in [-0.2, 0) is 0 Å². The van der Waals surface area contributed by atoms with Gasteiger partial charge < -0.3 is 5.32 Å². The highest BCUT2D eigenvalue weighted by molar-refractivity contribution is 6.29. The Morgan fingerprint density at radius 2 is 2.00 bits per heavy atom. The molecule has 0 atom stereocenters.